The van der Waals surface area contributed by atoms with Crippen molar-refractivity contribution in [3.8, 4) is 0 Å². The Morgan fingerprint density at radius 2 is 1.92 bits per heavy atom. The van der Waals surface area contributed by atoms with Gasteiger partial charge in [0, 0.05) is 0 Å². The monoisotopic (exact) mass is 415 g/mol. The number of rotatable bonds is 5. The molecule has 0 fully saturated rings. The van der Waals surface area contributed by atoms with Crippen LogP contribution in [0.15, 0.2) is 30.6 Å². The molecule has 6 nitrogen and oxygen atoms in total. The molecule has 26 heavy (non-hydrogen) atoms. The summed E-state index contributed by atoms with van der Waals surface area (Å²) < 4.78 is 2.94. The van der Waals surface area contributed by atoms with Crippen LogP contribution < -0.4 is 9.80 Å². The van der Waals surface area contributed by atoms with Gasteiger partial charge < -0.3 is 0 Å². The number of hydrogen-bond acceptors (Lipinski definition) is 5. The molecule has 0 saturated carbocycles. The molecule has 2 unspecified atom stereocenters. The normalized spacial score (nSPS) is 13.2. The van der Waals surface area contributed by atoms with E-state index in [0.717, 1.165) is 22.1 Å². The number of nitrogens with one attached hydrogen (secondary N) is 1. The van der Waals surface area contributed by atoms with Gasteiger partial charge >= 0.3 is 121 Å². The SMILES string of the molecule is CCC(CO)Nc1nc([AsH2])c2ncn(C(C)C)c2n1.c1ccc2c(c1)C2. The third-order valence-corrected chi connectivity index (χ3v) is 5.27. The van der Waals surface area contributed by atoms with Crippen molar-refractivity contribution in [2.75, 3.05) is 11.9 Å². The number of aliphatic hydroxyl groups is 1. The summed E-state index contributed by atoms with van der Waals surface area (Å²) in [5.41, 5.74) is 4.76. The number of aliphatic hydroxyl groups excluding tert-OH is 1. The Kier molecular flexibility index (Phi) is 5.94. The van der Waals surface area contributed by atoms with E-state index in [4.69, 9.17) is 0 Å². The van der Waals surface area contributed by atoms with Crippen molar-refractivity contribution in [2.45, 2.75) is 45.7 Å². The summed E-state index contributed by atoms with van der Waals surface area (Å²) in [6.07, 6.45) is 3.87. The topological polar surface area (TPSA) is 75.9 Å². The quantitative estimate of drug-likeness (QED) is 0.483. The maximum absolute atomic E-state index is 9.24. The Morgan fingerprint density at radius 3 is 2.46 bits per heavy atom. The molecule has 2 aromatic heterocycles. The van der Waals surface area contributed by atoms with E-state index in [9.17, 15) is 5.11 Å². The van der Waals surface area contributed by atoms with E-state index >= 15 is 0 Å². The second-order valence-corrected chi connectivity index (χ2v) is 7.88. The van der Waals surface area contributed by atoms with Crippen molar-refractivity contribution >= 4 is 38.4 Å². The molecule has 2 N–H and O–H groups in total. The number of fused-ring (bicyclic) bond motifs is 2. The number of imidazole rings is 1. The van der Waals surface area contributed by atoms with Crippen LogP contribution in [-0.4, -0.2) is 54.1 Å². The van der Waals surface area contributed by atoms with Crippen LogP contribution in [0.2, 0.25) is 0 Å². The second kappa shape index (κ2) is 8.19. The summed E-state index contributed by atoms with van der Waals surface area (Å²) in [6, 6.07) is 8.82. The maximum atomic E-state index is 9.24. The molecule has 1 aliphatic rings. The van der Waals surface area contributed by atoms with Gasteiger partial charge in [-0.15, -0.1) is 0 Å². The van der Waals surface area contributed by atoms with E-state index in [1.165, 1.54) is 34.4 Å². The van der Waals surface area contributed by atoms with Crippen LogP contribution in [0.4, 0.5) is 5.95 Å². The number of aromatic nitrogens is 4. The maximum Gasteiger partial charge on any atom is -0.00201 e. The first-order valence-electron chi connectivity index (χ1n) is 8.97. The molecule has 4 rings (SSSR count). The molecule has 0 radical (unpaired) electrons. The molecule has 1 aliphatic carbocycles. The van der Waals surface area contributed by atoms with Crippen molar-refractivity contribution in [3.05, 3.63) is 41.7 Å². The third kappa shape index (κ3) is 4.25. The fourth-order valence-electron chi connectivity index (χ4n) is 2.68. The summed E-state index contributed by atoms with van der Waals surface area (Å²) in [6.45, 7) is 6.28. The minimum Gasteiger partial charge on any atom is -0.0620 e. The first kappa shape index (κ1) is 18.9. The van der Waals surface area contributed by atoms with E-state index in [-0.39, 0.29) is 12.6 Å². The molecular weight excluding hydrogens is 389 g/mol. The van der Waals surface area contributed by atoms with Gasteiger partial charge in [0.05, 0.1) is 0 Å². The molecule has 2 heterocycles. The van der Waals surface area contributed by atoms with Gasteiger partial charge in [-0.25, -0.2) is 0 Å². The summed E-state index contributed by atoms with van der Waals surface area (Å²) in [5.74, 6) is 0.565. The Labute approximate surface area is 162 Å². The molecule has 0 bridgehead atoms. The molecule has 7 heteroatoms. The number of nitrogens with zero attached hydrogens (tertiary/aromatic N) is 4. The Hall–Kier alpha value is -1.91. The molecule has 1 aromatic carbocycles. The van der Waals surface area contributed by atoms with Crippen LogP contribution in [0.1, 0.15) is 44.4 Å². The van der Waals surface area contributed by atoms with Crippen molar-refractivity contribution < 1.29 is 5.11 Å². The van der Waals surface area contributed by atoms with Gasteiger partial charge in [-0.1, -0.05) is 24.3 Å². The molecule has 0 amide bonds. The zero-order valence-corrected chi connectivity index (χ0v) is 17.9. The van der Waals surface area contributed by atoms with Crippen molar-refractivity contribution in [1.82, 2.24) is 19.5 Å². The Morgan fingerprint density at radius 1 is 1.23 bits per heavy atom. The standard InChI is InChI=1S/C12H20AsN5O.C7H6/c1-4-8(5-19)15-12-16-10(13)9-11(17-12)18(6-14-9)7(2)3;1-2-4-7-5-6(7)3-1/h6-8,19H,4-5,13H2,1-3H3,(H,15,16,17);1-4H,5H2. The zero-order chi connectivity index (χ0) is 18.7. The van der Waals surface area contributed by atoms with Gasteiger partial charge in [0.1, 0.15) is 0 Å². The molecule has 3 aromatic rings. The van der Waals surface area contributed by atoms with Crippen LogP contribution in [-0.2, 0) is 6.42 Å². The minimum absolute atomic E-state index is 0.0141. The first-order chi connectivity index (χ1) is 12.5. The summed E-state index contributed by atoms with van der Waals surface area (Å²) in [7, 11) is 0. The number of anilines is 1. The van der Waals surface area contributed by atoms with Crippen molar-refractivity contribution in [2.24, 2.45) is 0 Å². The van der Waals surface area contributed by atoms with Crippen LogP contribution in [0.25, 0.3) is 11.2 Å². The van der Waals surface area contributed by atoms with Gasteiger partial charge in [0.15, 0.2) is 0 Å². The van der Waals surface area contributed by atoms with Crippen molar-refractivity contribution in [3.63, 3.8) is 0 Å². The third-order valence-electron chi connectivity index (χ3n) is 4.43. The van der Waals surface area contributed by atoms with Gasteiger partial charge in [-0.05, 0) is 17.5 Å². The number of benzene rings is 1. The average Bonchev–Trinajstić information content (AvgIpc) is 3.30. The average molecular weight is 415 g/mol. The second-order valence-electron chi connectivity index (χ2n) is 6.73. The fraction of sp³-hybridized carbons (Fsp3) is 0.421. The van der Waals surface area contributed by atoms with E-state index in [1.807, 2.05) is 11.5 Å². The van der Waals surface area contributed by atoms with E-state index in [0.29, 0.717) is 12.0 Å². The zero-order valence-electron chi connectivity index (χ0n) is 15.5. The summed E-state index contributed by atoms with van der Waals surface area (Å²) >= 11 is 1.43. The van der Waals surface area contributed by atoms with E-state index in [2.05, 4.69) is 58.4 Å². The van der Waals surface area contributed by atoms with Gasteiger partial charge in [-0.2, -0.15) is 0 Å². The predicted molar refractivity (Wildman–Crippen MR) is 108 cm³/mol. The summed E-state index contributed by atoms with van der Waals surface area (Å²) in [4.78, 5) is 13.3. The predicted octanol–water partition coefficient (Wildman–Crippen LogP) is 1.44. The van der Waals surface area contributed by atoms with Crippen LogP contribution in [0, 0.1) is 0 Å². The molecule has 2 atom stereocenters. The van der Waals surface area contributed by atoms with Crippen LogP contribution in [0.5, 0.6) is 0 Å². The smallest absolute Gasteiger partial charge is 0.00201 e. The van der Waals surface area contributed by atoms with Crippen LogP contribution in [0.3, 0.4) is 0 Å². The summed E-state index contributed by atoms with van der Waals surface area (Å²) in [5, 5.41) is 12.4. The van der Waals surface area contributed by atoms with E-state index < -0.39 is 0 Å². The van der Waals surface area contributed by atoms with Gasteiger partial charge in [-0.3, -0.25) is 0 Å². The minimum atomic E-state index is -0.0141. The Balaban J connectivity index is 0.000000229. The largest absolute Gasteiger partial charge is 0.0620 e. The Bertz CT molecular complexity index is 868. The number of hydrogen-bond donors (Lipinski definition) is 2. The molecule has 138 valence electrons. The molecular formula is C19H26AsN5O. The van der Waals surface area contributed by atoms with E-state index in [1.54, 1.807) is 6.33 Å². The van der Waals surface area contributed by atoms with Gasteiger partial charge in [0.25, 0.3) is 0 Å². The van der Waals surface area contributed by atoms with Crippen LogP contribution >= 0.6 is 0 Å². The fourth-order valence-corrected chi connectivity index (χ4v) is 3.36. The molecule has 0 spiro atoms. The molecule has 0 saturated heterocycles. The molecule has 0 aliphatic heterocycles. The van der Waals surface area contributed by atoms with Gasteiger partial charge in [0.2, 0.25) is 0 Å². The first-order valence-corrected chi connectivity index (χ1v) is 10.2. The van der Waals surface area contributed by atoms with Crippen molar-refractivity contribution in [1.29, 1.82) is 0 Å².